The van der Waals surface area contributed by atoms with Gasteiger partial charge in [0.2, 0.25) is 0 Å². The van der Waals surface area contributed by atoms with Crippen LogP contribution in [0, 0.1) is 0 Å². The monoisotopic (exact) mass is 224 g/mol. The first-order chi connectivity index (χ1) is 6.83. The number of hydrogen-bond acceptors (Lipinski definition) is 4. The number of aromatic amines is 1. The average Bonchev–Trinajstić information content (AvgIpc) is 2.07. The van der Waals surface area contributed by atoms with E-state index in [9.17, 15) is 18.0 Å². The predicted molar refractivity (Wildman–Crippen MR) is 43.3 cm³/mol. The van der Waals surface area contributed by atoms with E-state index in [2.05, 4.69) is 4.74 Å². The number of aromatic nitrogens is 1. The van der Waals surface area contributed by atoms with Crippen molar-refractivity contribution in [3.05, 3.63) is 22.1 Å². The van der Waals surface area contributed by atoms with Crippen LogP contribution in [0.25, 0.3) is 0 Å². The van der Waals surface area contributed by atoms with E-state index in [4.69, 9.17) is 10.8 Å². The minimum absolute atomic E-state index is 0.322. The van der Waals surface area contributed by atoms with E-state index in [1.165, 1.54) is 0 Å². The lowest BCUT2D eigenvalue weighted by atomic mass is 10.3. The maximum Gasteiger partial charge on any atom is 0.573 e. The van der Waals surface area contributed by atoms with Gasteiger partial charge in [0.15, 0.2) is 11.5 Å². The number of rotatable bonds is 2. The largest absolute Gasteiger partial charge is 0.573 e. The number of nitrogens with two attached hydrogens (primary N) is 1. The Bertz CT molecular complexity index is 413. The molecule has 0 unspecified atom stereocenters. The van der Waals surface area contributed by atoms with Crippen molar-refractivity contribution in [3.8, 4) is 11.5 Å². The molecule has 0 fully saturated rings. The zero-order valence-corrected chi connectivity index (χ0v) is 7.26. The van der Waals surface area contributed by atoms with Gasteiger partial charge in [-0.05, 0) is 0 Å². The summed E-state index contributed by atoms with van der Waals surface area (Å²) < 4.78 is 39.1. The fourth-order valence-corrected chi connectivity index (χ4v) is 0.959. The Morgan fingerprint density at radius 1 is 1.53 bits per heavy atom. The summed E-state index contributed by atoms with van der Waals surface area (Å²) in [6.45, 7) is -0.394. The maximum atomic E-state index is 11.9. The van der Waals surface area contributed by atoms with Gasteiger partial charge in [0.05, 0.1) is 5.69 Å². The highest BCUT2D eigenvalue weighted by Crippen LogP contribution is 2.32. The van der Waals surface area contributed by atoms with E-state index in [0.717, 1.165) is 0 Å². The Labute approximate surface area is 81.3 Å². The first-order valence-electron chi connectivity index (χ1n) is 3.74. The number of aromatic hydroxyl groups is 1. The van der Waals surface area contributed by atoms with Crippen molar-refractivity contribution in [1.82, 2.24) is 4.98 Å². The second kappa shape index (κ2) is 3.81. The van der Waals surface area contributed by atoms with E-state index >= 15 is 0 Å². The minimum atomic E-state index is -4.96. The van der Waals surface area contributed by atoms with Gasteiger partial charge < -0.3 is 20.6 Å². The van der Waals surface area contributed by atoms with Gasteiger partial charge in [-0.1, -0.05) is 0 Å². The third-order valence-corrected chi connectivity index (χ3v) is 1.47. The molecule has 0 aliphatic heterocycles. The van der Waals surface area contributed by atoms with Gasteiger partial charge in [-0.15, -0.1) is 13.2 Å². The van der Waals surface area contributed by atoms with Gasteiger partial charge in [0, 0.05) is 12.6 Å². The molecule has 5 nitrogen and oxygen atoms in total. The lowest BCUT2D eigenvalue weighted by molar-refractivity contribution is -0.275. The lowest BCUT2D eigenvalue weighted by Gasteiger charge is -2.12. The molecule has 0 amide bonds. The van der Waals surface area contributed by atoms with Crippen molar-refractivity contribution >= 4 is 0 Å². The van der Waals surface area contributed by atoms with E-state index in [1.807, 2.05) is 4.98 Å². The van der Waals surface area contributed by atoms with Gasteiger partial charge in [0.25, 0.3) is 5.56 Å². The Morgan fingerprint density at radius 2 is 2.13 bits per heavy atom. The molecule has 1 heterocycles. The topological polar surface area (TPSA) is 88.3 Å². The number of alkyl halides is 3. The van der Waals surface area contributed by atoms with Gasteiger partial charge in [-0.2, -0.15) is 0 Å². The first kappa shape index (κ1) is 11.4. The second-order valence-corrected chi connectivity index (χ2v) is 2.58. The zero-order valence-electron chi connectivity index (χ0n) is 7.26. The van der Waals surface area contributed by atoms with Crippen molar-refractivity contribution in [2.45, 2.75) is 12.9 Å². The average molecular weight is 224 g/mol. The molecule has 0 atom stereocenters. The molecule has 0 aromatic carbocycles. The van der Waals surface area contributed by atoms with Crippen LogP contribution in [-0.2, 0) is 6.54 Å². The number of pyridine rings is 1. The Kier molecular flexibility index (Phi) is 2.89. The van der Waals surface area contributed by atoms with Crippen molar-refractivity contribution < 1.29 is 23.0 Å². The van der Waals surface area contributed by atoms with Crippen LogP contribution in [0.1, 0.15) is 5.69 Å². The summed E-state index contributed by atoms with van der Waals surface area (Å²) in [4.78, 5) is 12.8. The third kappa shape index (κ3) is 2.88. The van der Waals surface area contributed by atoms with Crippen LogP contribution in [0.4, 0.5) is 13.2 Å². The molecular formula is C7H7F3N2O3. The van der Waals surface area contributed by atoms with Crippen LogP contribution in [0.5, 0.6) is 11.5 Å². The molecule has 0 radical (unpaired) electrons. The summed E-state index contributed by atoms with van der Waals surface area (Å²) >= 11 is 0. The number of halogens is 3. The number of ether oxygens (including phenoxy) is 1. The lowest BCUT2D eigenvalue weighted by Crippen LogP contribution is -2.21. The van der Waals surface area contributed by atoms with Crippen molar-refractivity contribution in [3.63, 3.8) is 0 Å². The fourth-order valence-electron chi connectivity index (χ4n) is 0.959. The Balaban J connectivity index is 3.21. The summed E-state index contributed by atoms with van der Waals surface area (Å²) in [5, 5.41) is 9.07. The quantitative estimate of drug-likeness (QED) is 0.680. The summed E-state index contributed by atoms with van der Waals surface area (Å²) in [6.07, 6.45) is -4.96. The summed E-state index contributed by atoms with van der Waals surface area (Å²) in [6, 6.07) is 0.570. The smallest absolute Gasteiger partial charge is 0.504 e. The van der Waals surface area contributed by atoms with Crippen LogP contribution >= 0.6 is 0 Å². The van der Waals surface area contributed by atoms with Gasteiger partial charge in [0.1, 0.15) is 0 Å². The summed E-state index contributed by atoms with van der Waals surface area (Å²) in [5.74, 6) is -1.79. The van der Waals surface area contributed by atoms with Gasteiger partial charge in [-0.3, -0.25) is 4.79 Å². The highest BCUT2D eigenvalue weighted by molar-refractivity contribution is 5.41. The fraction of sp³-hybridized carbons (Fsp3) is 0.286. The summed E-state index contributed by atoms with van der Waals surface area (Å²) in [5.41, 5.74) is 4.00. The van der Waals surface area contributed by atoms with Gasteiger partial charge in [-0.25, -0.2) is 0 Å². The SMILES string of the molecule is NCc1[nH]c(=O)cc(O)c1OC(F)(F)F. The van der Waals surface area contributed by atoms with E-state index in [1.54, 1.807) is 0 Å². The van der Waals surface area contributed by atoms with Crippen molar-refractivity contribution in [1.29, 1.82) is 0 Å². The Morgan fingerprint density at radius 3 is 2.60 bits per heavy atom. The van der Waals surface area contributed by atoms with Gasteiger partial charge >= 0.3 is 6.36 Å². The van der Waals surface area contributed by atoms with Crippen LogP contribution in [-0.4, -0.2) is 16.5 Å². The predicted octanol–water partition coefficient (Wildman–Crippen LogP) is 0.438. The molecule has 0 saturated heterocycles. The second-order valence-electron chi connectivity index (χ2n) is 2.58. The van der Waals surface area contributed by atoms with Crippen LogP contribution in [0.2, 0.25) is 0 Å². The van der Waals surface area contributed by atoms with E-state index in [0.29, 0.717) is 6.07 Å². The highest BCUT2D eigenvalue weighted by Gasteiger charge is 2.33. The van der Waals surface area contributed by atoms with E-state index in [-0.39, 0.29) is 5.69 Å². The molecular weight excluding hydrogens is 217 g/mol. The number of hydrogen-bond donors (Lipinski definition) is 3. The van der Waals surface area contributed by atoms with Crippen LogP contribution < -0.4 is 16.0 Å². The molecule has 1 aromatic heterocycles. The highest BCUT2D eigenvalue weighted by atomic mass is 19.4. The molecule has 1 rings (SSSR count). The first-order valence-corrected chi connectivity index (χ1v) is 3.74. The molecule has 1 aromatic rings. The Hall–Kier alpha value is -1.70. The van der Waals surface area contributed by atoms with Crippen LogP contribution in [0.15, 0.2) is 10.9 Å². The minimum Gasteiger partial charge on any atom is -0.504 e. The standard InChI is InChI=1S/C7H7F3N2O3/c8-7(9,10)15-6-3(2-11)12-5(14)1-4(6)13/h1H,2,11H2,(H2,12,13,14). The molecule has 4 N–H and O–H groups in total. The molecule has 0 aliphatic rings. The maximum absolute atomic E-state index is 11.9. The molecule has 0 saturated carbocycles. The third-order valence-electron chi connectivity index (χ3n) is 1.47. The molecule has 0 spiro atoms. The zero-order chi connectivity index (χ0) is 11.6. The number of H-pyrrole nitrogens is 1. The van der Waals surface area contributed by atoms with E-state index < -0.39 is 30.0 Å². The van der Waals surface area contributed by atoms with Crippen LogP contribution in [0.3, 0.4) is 0 Å². The van der Waals surface area contributed by atoms with Crippen molar-refractivity contribution in [2.24, 2.45) is 5.73 Å². The molecule has 0 bridgehead atoms. The normalized spacial score (nSPS) is 11.5. The molecule has 84 valence electrons. The molecule has 8 heteroatoms. The molecule has 15 heavy (non-hydrogen) atoms. The number of nitrogens with one attached hydrogen (secondary N) is 1. The molecule has 0 aliphatic carbocycles. The van der Waals surface area contributed by atoms with Crippen molar-refractivity contribution in [2.75, 3.05) is 0 Å². The summed E-state index contributed by atoms with van der Waals surface area (Å²) in [7, 11) is 0.